The molecule has 2 heterocycles. The first-order valence-electron chi connectivity index (χ1n) is 15.1. The van der Waals surface area contributed by atoms with Gasteiger partial charge < -0.3 is 13.7 Å². The number of furan rings is 1. The Morgan fingerprint density at radius 1 is 0.467 bits per heavy atom. The summed E-state index contributed by atoms with van der Waals surface area (Å²) in [5.41, 5.74) is 9.70. The van der Waals surface area contributed by atoms with Crippen LogP contribution in [0.1, 0.15) is 0 Å². The molecule has 9 rings (SSSR count). The van der Waals surface area contributed by atoms with Crippen molar-refractivity contribution in [3.63, 3.8) is 0 Å². The molecule has 0 saturated heterocycles. The number of benzene rings is 7. The Kier molecular flexibility index (Phi) is 5.78. The van der Waals surface area contributed by atoms with Gasteiger partial charge in [0.2, 0.25) is 5.89 Å². The SMILES string of the molecule is c1ccc(-c2nc3cc(N(c4ccccc4)c4cccc(-c5cccc6oc7ccccc7c56)c4)c4ccccc4c3o2)cc1. The number of rotatable bonds is 5. The highest BCUT2D eigenvalue weighted by molar-refractivity contribution is 6.14. The van der Waals surface area contributed by atoms with Gasteiger partial charge in [0.15, 0.2) is 5.58 Å². The largest absolute Gasteiger partial charge is 0.456 e. The molecule has 7 aromatic carbocycles. The molecule has 0 aliphatic heterocycles. The summed E-state index contributed by atoms with van der Waals surface area (Å²) in [7, 11) is 0. The second-order valence-electron chi connectivity index (χ2n) is 11.2. The zero-order valence-electron chi connectivity index (χ0n) is 24.2. The first kappa shape index (κ1) is 25.4. The van der Waals surface area contributed by atoms with Crippen molar-refractivity contribution in [3.05, 3.63) is 158 Å². The minimum absolute atomic E-state index is 0.613. The van der Waals surface area contributed by atoms with E-state index >= 15 is 0 Å². The van der Waals surface area contributed by atoms with Gasteiger partial charge in [0, 0.05) is 38.5 Å². The molecule has 4 nitrogen and oxygen atoms in total. The lowest BCUT2D eigenvalue weighted by molar-refractivity contribution is 0.623. The van der Waals surface area contributed by atoms with E-state index in [1.807, 2.05) is 54.6 Å². The van der Waals surface area contributed by atoms with Crippen molar-refractivity contribution >= 4 is 60.9 Å². The van der Waals surface area contributed by atoms with Gasteiger partial charge in [-0.1, -0.05) is 103 Å². The standard InChI is InChI=1S/C41H26N2O2/c1-3-13-27(14-4-1)41-42-35-26-36(32-19-7-8-20-33(32)40(35)45-41)43(29-16-5-2-6-17-29)30-18-11-15-28(25-30)31-22-12-24-38-39(31)34-21-9-10-23-37(34)44-38/h1-26H. The maximum Gasteiger partial charge on any atom is 0.227 e. The molecule has 45 heavy (non-hydrogen) atoms. The molecule has 212 valence electrons. The van der Waals surface area contributed by atoms with E-state index in [1.54, 1.807) is 0 Å². The number of hydrogen-bond acceptors (Lipinski definition) is 4. The molecule has 0 N–H and O–H groups in total. The van der Waals surface area contributed by atoms with Gasteiger partial charge in [-0.2, -0.15) is 0 Å². The number of nitrogens with zero attached hydrogens (tertiary/aromatic N) is 2. The zero-order chi connectivity index (χ0) is 29.7. The van der Waals surface area contributed by atoms with Gasteiger partial charge in [0.05, 0.1) is 5.69 Å². The van der Waals surface area contributed by atoms with Gasteiger partial charge in [0.1, 0.15) is 16.7 Å². The Morgan fingerprint density at radius 3 is 1.96 bits per heavy atom. The van der Waals surface area contributed by atoms with Gasteiger partial charge in [0.25, 0.3) is 0 Å². The van der Waals surface area contributed by atoms with Crippen molar-refractivity contribution in [2.24, 2.45) is 0 Å². The predicted octanol–water partition coefficient (Wildman–Crippen LogP) is 11.7. The molecule has 2 aromatic heterocycles. The summed E-state index contributed by atoms with van der Waals surface area (Å²) in [6.45, 7) is 0. The fourth-order valence-electron chi connectivity index (χ4n) is 6.46. The first-order valence-corrected chi connectivity index (χ1v) is 15.1. The van der Waals surface area contributed by atoms with Crippen molar-refractivity contribution in [1.29, 1.82) is 0 Å². The van der Waals surface area contributed by atoms with E-state index < -0.39 is 0 Å². The first-order chi connectivity index (χ1) is 22.3. The maximum atomic E-state index is 6.42. The molecule has 0 atom stereocenters. The maximum absolute atomic E-state index is 6.42. The molecule has 0 bridgehead atoms. The molecular weight excluding hydrogens is 552 g/mol. The summed E-state index contributed by atoms with van der Waals surface area (Å²) in [5, 5.41) is 4.34. The zero-order valence-corrected chi connectivity index (χ0v) is 24.2. The Labute approximate surface area is 259 Å². The summed E-state index contributed by atoms with van der Waals surface area (Å²) in [5.74, 6) is 0.613. The van der Waals surface area contributed by atoms with Gasteiger partial charge in [-0.3, -0.25) is 0 Å². The van der Waals surface area contributed by atoms with E-state index in [0.717, 1.165) is 77.6 Å². The van der Waals surface area contributed by atoms with Gasteiger partial charge in [-0.05, 0) is 65.7 Å². The lowest BCUT2D eigenvalue weighted by Gasteiger charge is -2.27. The highest BCUT2D eigenvalue weighted by Crippen LogP contribution is 2.44. The summed E-state index contributed by atoms with van der Waals surface area (Å²) >= 11 is 0. The van der Waals surface area contributed by atoms with Crippen LogP contribution in [-0.4, -0.2) is 4.98 Å². The minimum Gasteiger partial charge on any atom is -0.456 e. The van der Waals surface area contributed by atoms with Crippen LogP contribution in [-0.2, 0) is 0 Å². The van der Waals surface area contributed by atoms with Crippen molar-refractivity contribution in [2.75, 3.05) is 4.90 Å². The van der Waals surface area contributed by atoms with E-state index in [2.05, 4.69) is 108 Å². The lowest BCUT2D eigenvalue weighted by atomic mass is 9.98. The van der Waals surface area contributed by atoms with Crippen LogP contribution >= 0.6 is 0 Å². The average molecular weight is 579 g/mol. The van der Waals surface area contributed by atoms with Crippen LogP contribution in [0.15, 0.2) is 167 Å². The predicted molar refractivity (Wildman–Crippen MR) is 184 cm³/mol. The van der Waals surface area contributed by atoms with Crippen molar-refractivity contribution in [2.45, 2.75) is 0 Å². The number of aromatic nitrogens is 1. The Morgan fingerprint density at radius 2 is 1.11 bits per heavy atom. The number of fused-ring (bicyclic) bond motifs is 6. The molecular formula is C41H26N2O2. The number of anilines is 3. The summed E-state index contributed by atoms with van der Waals surface area (Å²) in [4.78, 5) is 7.30. The van der Waals surface area contributed by atoms with Crippen LogP contribution in [0.4, 0.5) is 17.1 Å². The smallest absolute Gasteiger partial charge is 0.227 e. The normalized spacial score (nSPS) is 11.6. The Bertz CT molecular complexity index is 2490. The van der Waals surface area contributed by atoms with Crippen LogP contribution in [0.25, 0.3) is 66.4 Å². The second kappa shape index (κ2) is 10.2. The summed E-state index contributed by atoms with van der Waals surface area (Å²) in [6, 6.07) is 54.4. The van der Waals surface area contributed by atoms with Crippen molar-refractivity contribution in [3.8, 4) is 22.6 Å². The molecule has 0 fully saturated rings. The second-order valence-corrected chi connectivity index (χ2v) is 11.2. The van der Waals surface area contributed by atoms with Crippen LogP contribution in [0.3, 0.4) is 0 Å². The van der Waals surface area contributed by atoms with Crippen molar-refractivity contribution < 1.29 is 8.83 Å². The van der Waals surface area contributed by atoms with Crippen molar-refractivity contribution in [1.82, 2.24) is 4.98 Å². The van der Waals surface area contributed by atoms with Crippen LogP contribution < -0.4 is 4.90 Å². The van der Waals surface area contributed by atoms with E-state index in [9.17, 15) is 0 Å². The van der Waals surface area contributed by atoms with Gasteiger partial charge >= 0.3 is 0 Å². The minimum atomic E-state index is 0.613. The van der Waals surface area contributed by atoms with Gasteiger partial charge in [-0.25, -0.2) is 4.98 Å². The lowest BCUT2D eigenvalue weighted by Crippen LogP contribution is -2.10. The third kappa shape index (κ3) is 4.19. The molecule has 0 amide bonds. The van der Waals surface area contributed by atoms with E-state index in [1.165, 1.54) is 0 Å². The molecule has 0 spiro atoms. The molecule has 9 aromatic rings. The Balaban J connectivity index is 1.28. The molecule has 0 saturated carbocycles. The van der Waals surface area contributed by atoms with E-state index in [0.29, 0.717) is 5.89 Å². The highest BCUT2D eigenvalue weighted by atomic mass is 16.3. The summed E-state index contributed by atoms with van der Waals surface area (Å²) < 4.78 is 12.6. The molecule has 0 radical (unpaired) electrons. The molecule has 4 heteroatoms. The highest BCUT2D eigenvalue weighted by Gasteiger charge is 2.21. The molecule has 0 aliphatic rings. The quantitative estimate of drug-likeness (QED) is 0.204. The third-order valence-electron chi connectivity index (χ3n) is 8.47. The fraction of sp³-hybridized carbons (Fsp3) is 0. The monoisotopic (exact) mass is 578 g/mol. The molecule has 0 aliphatic carbocycles. The Hall–Kier alpha value is -6.13. The van der Waals surface area contributed by atoms with Crippen LogP contribution in [0.5, 0.6) is 0 Å². The van der Waals surface area contributed by atoms with E-state index in [4.69, 9.17) is 13.8 Å². The van der Waals surface area contributed by atoms with Crippen LogP contribution in [0.2, 0.25) is 0 Å². The van der Waals surface area contributed by atoms with E-state index in [-0.39, 0.29) is 0 Å². The van der Waals surface area contributed by atoms with Crippen LogP contribution in [0, 0.1) is 0 Å². The fourth-order valence-corrected chi connectivity index (χ4v) is 6.46. The van der Waals surface area contributed by atoms with Gasteiger partial charge in [-0.15, -0.1) is 0 Å². The average Bonchev–Trinajstić information content (AvgIpc) is 3.72. The number of oxazole rings is 1. The summed E-state index contributed by atoms with van der Waals surface area (Å²) in [6.07, 6.45) is 0. The number of para-hydroxylation sites is 2. The topological polar surface area (TPSA) is 42.4 Å². The third-order valence-corrected chi connectivity index (χ3v) is 8.47. The molecule has 0 unspecified atom stereocenters. The number of hydrogen-bond donors (Lipinski definition) is 0.